The summed E-state index contributed by atoms with van der Waals surface area (Å²) in [7, 11) is 3.00. The minimum absolute atomic E-state index is 0.0589. The van der Waals surface area contributed by atoms with E-state index in [1.54, 1.807) is 49.6 Å². The van der Waals surface area contributed by atoms with Crippen LogP contribution in [0.4, 0.5) is 5.69 Å². The number of methoxy groups -OCH3 is 2. The van der Waals surface area contributed by atoms with E-state index >= 15 is 0 Å². The van der Waals surface area contributed by atoms with Crippen LogP contribution in [0.25, 0.3) is 0 Å². The summed E-state index contributed by atoms with van der Waals surface area (Å²) in [6.07, 6.45) is 3.10. The Hall–Kier alpha value is -4.12. The van der Waals surface area contributed by atoms with Gasteiger partial charge in [0, 0.05) is 24.9 Å². The highest BCUT2D eigenvalue weighted by Crippen LogP contribution is 2.27. The molecule has 1 fully saturated rings. The lowest BCUT2D eigenvalue weighted by Gasteiger charge is -2.12. The van der Waals surface area contributed by atoms with Crippen LogP contribution in [0.3, 0.4) is 0 Å². The first kappa shape index (κ1) is 25.5. The van der Waals surface area contributed by atoms with Crippen molar-refractivity contribution in [1.29, 1.82) is 0 Å². The van der Waals surface area contributed by atoms with E-state index in [1.165, 1.54) is 13.3 Å². The Kier molecular flexibility index (Phi) is 9.43. The van der Waals surface area contributed by atoms with Gasteiger partial charge in [0.05, 0.1) is 26.5 Å². The van der Waals surface area contributed by atoms with Crippen molar-refractivity contribution in [3.63, 3.8) is 0 Å². The molecule has 2 aromatic rings. The number of hydrogen-bond donors (Lipinski definition) is 3. The van der Waals surface area contributed by atoms with Gasteiger partial charge >= 0.3 is 11.8 Å². The summed E-state index contributed by atoms with van der Waals surface area (Å²) in [4.78, 5) is 35.9. The maximum absolute atomic E-state index is 12.2. The van der Waals surface area contributed by atoms with E-state index in [0.29, 0.717) is 35.1 Å². The monoisotopic (exact) mass is 484 g/mol. The Balaban J connectivity index is 1.47. The summed E-state index contributed by atoms with van der Waals surface area (Å²) in [5.74, 6) is -0.685. The lowest BCUT2D eigenvalue weighted by atomic mass is 10.2. The van der Waals surface area contributed by atoms with E-state index in [2.05, 4.69) is 21.2 Å². The summed E-state index contributed by atoms with van der Waals surface area (Å²) in [5.41, 5.74) is 3.33. The number of benzene rings is 2. The maximum atomic E-state index is 12.2. The molecule has 0 bridgehead atoms. The molecule has 1 aliphatic heterocycles. The molecule has 1 heterocycles. The Morgan fingerprint density at radius 3 is 2.69 bits per heavy atom. The molecule has 3 N–H and O–H groups in total. The molecular weight excluding hydrogens is 456 g/mol. The number of nitrogens with zero attached hydrogens (tertiary/aromatic N) is 1. The predicted molar refractivity (Wildman–Crippen MR) is 128 cm³/mol. The average Bonchev–Trinajstić information content (AvgIpc) is 3.40. The average molecular weight is 485 g/mol. The van der Waals surface area contributed by atoms with E-state index in [-0.39, 0.29) is 25.2 Å². The first-order valence-corrected chi connectivity index (χ1v) is 11.0. The van der Waals surface area contributed by atoms with Crippen molar-refractivity contribution >= 4 is 29.6 Å². The largest absolute Gasteiger partial charge is 0.497 e. The Morgan fingerprint density at radius 2 is 1.94 bits per heavy atom. The van der Waals surface area contributed by atoms with E-state index in [9.17, 15) is 14.4 Å². The zero-order valence-electron chi connectivity index (χ0n) is 19.5. The quantitative estimate of drug-likeness (QED) is 0.264. The van der Waals surface area contributed by atoms with E-state index < -0.39 is 11.8 Å². The van der Waals surface area contributed by atoms with Gasteiger partial charge in [-0.05, 0) is 48.7 Å². The summed E-state index contributed by atoms with van der Waals surface area (Å²) < 4.78 is 21.4. The molecule has 3 amide bonds. The van der Waals surface area contributed by atoms with Crippen LogP contribution >= 0.6 is 0 Å². The van der Waals surface area contributed by atoms with Crippen molar-refractivity contribution < 1.29 is 33.3 Å². The lowest BCUT2D eigenvalue weighted by Crippen LogP contribution is -2.41. The fraction of sp³-hybridized carbons (Fsp3) is 0.333. The van der Waals surface area contributed by atoms with Crippen molar-refractivity contribution in [2.45, 2.75) is 18.9 Å². The molecule has 186 valence electrons. The normalized spacial score (nSPS) is 14.9. The van der Waals surface area contributed by atoms with Crippen molar-refractivity contribution in [2.75, 3.05) is 39.3 Å². The summed E-state index contributed by atoms with van der Waals surface area (Å²) in [5, 5.41) is 9.04. The summed E-state index contributed by atoms with van der Waals surface area (Å²) in [6, 6.07) is 11.8. The van der Waals surface area contributed by atoms with Crippen LogP contribution in [-0.4, -0.2) is 64.0 Å². The molecule has 0 saturated carbocycles. The molecule has 11 heteroatoms. The van der Waals surface area contributed by atoms with Gasteiger partial charge in [-0.1, -0.05) is 6.07 Å². The number of ether oxygens (including phenoxy) is 4. The van der Waals surface area contributed by atoms with Crippen molar-refractivity contribution in [1.82, 2.24) is 10.7 Å². The van der Waals surface area contributed by atoms with Gasteiger partial charge in [0.1, 0.15) is 5.75 Å². The van der Waals surface area contributed by atoms with Gasteiger partial charge in [0.25, 0.3) is 5.91 Å². The molecule has 0 aliphatic carbocycles. The fourth-order valence-corrected chi connectivity index (χ4v) is 3.23. The van der Waals surface area contributed by atoms with Gasteiger partial charge in [-0.25, -0.2) is 5.43 Å². The van der Waals surface area contributed by atoms with E-state index in [4.69, 9.17) is 18.9 Å². The van der Waals surface area contributed by atoms with Crippen LogP contribution in [0.5, 0.6) is 17.2 Å². The zero-order valence-corrected chi connectivity index (χ0v) is 19.5. The highest BCUT2D eigenvalue weighted by atomic mass is 16.5. The Bertz CT molecular complexity index is 1070. The van der Waals surface area contributed by atoms with Gasteiger partial charge in [-0.3, -0.25) is 14.4 Å². The minimum atomic E-state index is -0.881. The molecule has 35 heavy (non-hydrogen) atoms. The smallest absolute Gasteiger partial charge is 0.329 e. The van der Waals surface area contributed by atoms with E-state index in [0.717, 1.165) is 12.8 Å². The molecule has 0 spiro atoms. The molecule has 11 nitrogen and oxygen atoms in total. The number of hydrazone groups is 1. The van der Waals surface area contributed by atoms with E-state index in [1.807, 2.05) is 0 Å². The third-order valence-electron chi connectivity index (χ3n) is 5.00. The summed E-state index contributed by atoms with van der Waals surface area (Å²) in [6.45, 7) is 0.713. The topological polar surface area (TPSA) is 137 Å². The van der Waals surface area contributed by atoms with Crippen LogP contribution in [0.2, 0.25) is 0 Å². The number of amides is 3. The molecule has 0 radical (unpaired) electrons. The molecule has 0 aromatic heterocycles. The molecule has 1 atom stereocenters. The number of carbonyl (C=O) groups excluding carboxylic acids is 3. The van der Waals surface area contributed by atoms with Crippen LogP contribution in [0.1, 0.15) is 18.4 Å². The zero-order chi connectivity index (χ0) is 25.0. The number of carbonyl (C=O) groups is 3. The maximum Gasteiger partial charge on any atom is 0.329 e. The number of hydrogen-bond acceptors (Lipinski definition) is 8. The third kappa shape index (κ3) is 8.00. The highest BCUT2D eigenvalue weighted by molar-refractivity contribution is 6.35. The molecule has 1 aliphatic rings. The van der Waals surface area contributed by atoms with Gasteiger partial charge in [0.2, 0.25) is 0 Å². The second-order valence-electron chi connectivity index (χ2n) is 7.52. The van der Waals surface area contributed by atoms with Gasteiger partial charge in [-0.15, -0.1) is 0 Å². The van der Waals surface area contributed by atoms with Crippen molar-refractivity contribution in [3.05, 3.63) is 48.0 Å². The number of rotatable bonds is 10. The standard InChI is InChI=1S/C24H28N4O7/c1-32-18-6-3-5-17(12-18)27-22(29)15-35-20-9-8-16(11-21(20)33-2)13-26-28-24(31)23(30)25-14-19-7-4-10-34-19/h3,5-6,8-9,11-13,19H,4,7,10,14-15H2,1-2H3,(H,25,30)(H,27,29)(H,28,31)/b26-13-/t19-/m0/s1. The Morgan fingerprint density at radius 1 is 1.09 bits per heavy atom. The van der Waals surface area contributed by atoms with Gasteiger partial charge in [0.15, 0.2) is 18.1 Å². The predicted octanol–water partition coefficient (Wildman–Crippen LogP) is 1.47. The highest BCUT2D eigenvalue weighted by Gasteiger charge is 2.19. The molecular formula is C24H28N4O7. The SMILES string of the molecule is COc1cccc(NC(=O)COc2ccc(/C=N\NC(=O)C(=O)NC[C@@H]3CCCO3)cc2OC)c1. The van der Waals surface area contributed by atoms with Crippen LogP contribution in [-0.2, 0) is 19.1 Å². The van der Waals surface area contributed by atoms with Crippen LogP contribution in [0.15, 0.2) is 47.6 Å². The third-order valence-corrected chi connectivity index (χ3v) is 5.00. The number of anilines is 1. The first-order valence-electron chi connectivity index (χ1n) is 11.0. The second-order valence-corrected chi connectivity index (χ2v) is 7.52. The second kappa shape index (κ2) is 12.9. The van der Waals surface area contributed by atoms with Crippen LogP contribution < -0.4 is 30.3 Å². The Labute approximate surface area is 202 Å². The van der Waals surface area contributed by atoms with Gasteiger partial charge in [-0.2, -0.15) is 5.10 Å². The molecule has 0 unspecified atom stereocenters. The molecule has 3 rings (SSSR count). The number of nitrogens with one attached hydrogen (secondary N) is 3. The van der Waals surface area contributed by atoms with Crippen molar-refractivity contribution in [2.24, 2.45) is 5.10 Å². The van der Waals surface area contributed by atoms with Crippen molar-refractivity contribution in [3.8, 4) is 17.2 Å². The van der Waals surface area contributed by atoms with Gasteiger partial charge < -0.3 is 29.6 Å². The summed E-state index contributed by atoms with van der Waals surface area (Å²) >= 11 is 0. The first-order chi connectivity index (χ1) is 17.0. The lowest BCUT2D eigenvalue weighted by molar-refractivity contribution is -0.139. The fourth-order valence-electron chi connectivity index (χ4n) is 3.23. The van der Waals surface area contributed by atoms with Crippen LogP contribution in [0, 0.1) is 0 Å². The molecule has 1 saturated heterocycles. The molecule has 2 aromatic carbocycles. The minimum Gasteiger partial charge on any atom is -0.497 e.